The molecule has 0 saturated carbocycles. The topological polar surface area (TPSA) is 68.1 Å². The van der Waals surface area contributed by atoms with Gasteiger partial charge in [0.05, 0.1) is 11.4 Å². The number of nitrogens with one attached hydrogen (secondary N) is 2. The van der Waals surface area contributed by atoms with Crippen LogP contribution in [0.1, 0.15) is 18.2 Å². The summed E-state index contributed by atoms with van der Waals surface area (Å²) < 4.78 is 16.9. The summed E-state index contributed by atoms with van der Waals surface area (Å²) in [6.45, 7) is 3.55. The van der Waals surface area contributed by atoms with Gasteiger partial charge in [0, 0.05) is 12.7 Å². The first-order valence-electron chi connectivity index (χ1n) is 8.62. The minimum absolute atomic E-state index is 0.203. The van der Waals surface area contributed by atoms with E-state index in [4.69, 9.17) is 0 Å². The van der Waals surface area contributed by atoms with E-state index in [1.165, 1.54) is 10.7 Å². The first kappa shape index (κ1) is 18.4. The Hall–Kier alpha value is -3.35. The molecular formula is C20H21FN4O2. The Morgan fingerprint density at radius 3 is 2.44 bits per heavy atom. The number of amides is 2. The third-order valence-electron chi connectivity index (χ3n) is 4.39. The van der Waals surface area contributed by atoms with Gasteiger partial charge in [-0.2, -0.15) is 0 Å². The molecule has 2 aromatic carbocycles. The largest absolute Gasteiger partial charge is 0.323 e. The second-order valence-corrected chi connectivity index (χ2v) is 6.19. The summed E-state index contributed by atoms with van der Waals surface area (Å²) in [6.07, 6.45) is 0.556. The van der Waals surface area contributed by atoms with Gasteiger partial charge in [0.25, 0.3) is 5.56 Å². The number of carbonyl (C=O) groups excluding carboxylic acids is 1. The number of benzene rings is 2. The molecule has 27 heavy (non-hydrogen) atoms. The quantitative estimate of drug-likeness (QED) is 0.735. The number of nitrogens with zero attached hydrogens (tertiary/aromatic N) is 2. The molecule has 0 bridgehead atoms. The van der Waals surface area contributed by atoms with E-state index in [2.05, 4.69) is 10.6 Å². The predicted octanol–water partition coefficient (Wildman–Crippen LogP) is 3.83. The molecule has 1 heterocycles. The molecule has 3 rings (SSSR count). The summed E-state index contributed by atoms with van der Waals surface area (Å²) in [7, 11) is 1.77. The third kappa shape index (κ3) is 3.62. The van der Waals surface area contributed by atoms with Crippen molar-refractivity contribution in [1.29, 1.82) is 0 Å². The number of urea groups is 1. The Balaban J connectivity index is 1.91. The van der Waals surface area contributed by atoms with E-state index in [-0.39, 0.29) is 11.2 Å². The van der Waals surface area contributed by atoms with Crippen LogP contribution in [-0.4, -0.2) is 15.4 Å². The number of aryl methyl sites for hydroxylation is 1. The molecule has 0 aliphatic rings. The normalized spacial score (nSPS) is 10.7. The first-order valence-corrected chi connectivity index (χ1v) is 8.62. The van der Waals surface area contributed by atoms with Crippen molar-refractivity contribution in [2.75, 3.05) is 10.6 Å². The number of rotatable bonds is 4. The molecule has 0 atom stereocenters. The number of halogens is 1. The van der Waals surface area contributed by atoms with E-state index >= 15 is 0 Å². The zero-order valence-electron chi connectivity index (χ0n) is 15.4. The number of aromatic nitrogens is 2. The number of para-hydroxylation sites is 1. The van der Waals surface area contributed by atoms with Gasteiger partial charge in [-0.1, -0.05) is 31.2 Å². The van der Waals surface area contributed by atoms with Crippen molar-refractivity contribution in [2.45, 2.75) is 20.3 Å². The van der Waals surface area contributed by atoms with Crippen LogP contribution in [0, 0.1) is 12.7 Å². The summed E-state index contributed by atoms with van der Waals surface area (Å²) in [4.78, 5) is 25.2. The summed E-state index contributed by atoms with van der Waals surface area (Å²) in [5.74, 6) is -0.409. The van der Waals surface area contributed by atoms with Gasteiger partial charge in [-0.25, -0.2) is 13.9 Å². The molecule has 2 amide bonds. The van der Waals surface area contributed by atoms with Crippen molar-refractivity contribution in [3.8, 4) is 5.69 Å². The Labute approximate surface area is 156 Å². The van der Waals surface area contributed by atoms with Gasteiger partial charge in [-0.05, 0) is 43.2 Å². The number of anilines is 2. The molecule has 3 aromatic rings. The van der Waals surface area contributed by atoms with E-state index in [9.17, 15) is 14.0 Å². The Morgan fingerprint density at radius 2 is 1.81 bits per heavy atom. The third-order valence-corrected chi connectivity index (χ3v) is 4.39. The zero-order valence-corrected chi connectivity index (χ0v) is 15.4. The van der Waals surface area contributed by atoms with Crippen LogP contribution in [0.2, 0.25) is 0 Å². The van der Waals surface area contributed by atoms with Crippen molar-refractivity contribution < 1.29 is 9.18 Å². The molecule has 0 spiro atoms. The van der Waals surface area contributed by atoms with Crippen LogP contribution in [0.5, 0.6) is 0 Å². The average molecular weight is 368 g/mol. The van der Waals surface area contributed by atoms with Gasteiger partial charge in [-0.15, -0.1) is 0 Å². The van der Waals surface area contributed by atoms with Crippen molar-refractivity contribution in [1.82, 2.24) is 9.36 Å². The summed E-state index contributed by atoms with van der Waals surface area (Å²) in [6, 6.07) is 13.0. The highest BCUT2D eigenvalue weighted by Gasteiger charge is 2.19. The van der Waals surface area contributed by atoms with E-state index in [0.717, 1.165) is 0 Å². The standard InChI is InChI=1S/C20H21FN4O2/c1-4-17-18(19(26)25(24(17)3)15-8-6-5-7-9-15)23-20(27)22-14-11-10-13(2)16(21)12-14/h5-12H,4H2,1-3H3,(H2,22,23,27). The van der Waals surface area contributed by atoms with Crippen molar-refractivity contribution >= 4 is 17.4 Å². The molecule has 0 fully saturated rings. The minimum Gasteiger partial charge on any atom is -0.308 e. The van der Waals surface area contributed by atoms with Gasteiger partial charge in [0.2, 0.25) is 0 Å². The minimum atomic E-state index is -0.601. The molecule has 7 heteroatoms. The fourth-order valence-electron chi connectivity index (χ4n) is 2.99. The van der Waals surface area contributed by atoms with Crippen LogP contribution >= 0.6 is 0 Å². The molecule has 1 aromatic heterocycles. The van der Waals surface area contributed by atoms with Crippen LogP contribution < -0.4 is 16.2 Å². The lowest BCUT2D eigenvalue weighted by Gasteiger charge is -2.09. The lowest BCUT2D eigenvalue weighted by Crippen LogP contribution is -2.25. The maximum Gasteiger partial charge on any atom is 0.323 e. The molecule has 0 unspecified atom stereocenters. The molecule has 0 saturated heterocycles. The van der Waals surface area contributed by atoms with Crippen LogP contribution in [0.15, 0.2) is 53.3 Å². The number of hydrogen-bond donors (Lipinski definition) is 2. The molecule has 0 radical (unpaired) electrons. The number of carbonyl (C=O) groups is 1. The van der Waals surface area contributed by atoms with Crippen LogP contribution in [0.25, 0.3) is 5.69 Å². The Morgan fingerprint density at radius 1 is 1.11 bits per heavy atom. The predicted molar refractivity (Wildman–Crippen MR) is 104 cm³/mol. The first-order chi connectivity index (χ1) is 12.9. The van der Waals surface area contributed by atoms with E-state index in [0.29, 0.717) is 29.1 Å². The maximum atomic E-state index is 13.7. The van der Waals surface area contributed by atoms with Crippen molar-refractivity contribution in [2.24, 2.45) is 7.05 Å². The Kier molecular flexibility index (Phi) is 5.12. The van der Waals surface area contributed by atoms with Gasteiger partial charge in [0.1, 0.15) is 11.5 Å². The Bertz CT molecular complexity index is 1040. The SMILES string of the molecule is CCc1c(NC(=O)Nc2ccc(C)c(F)c2)c(=O)n(-c2ccccc2)n1C. The maximum absolute atomic E-state index is 13.7. The molecule has 0 aliphatic carbocycles. The van der Waals surface area contributed by atoms with Crippen molar-refractivity contribution in [3.05, 3.63) is 76.0 Å². The smallest absolute Gasteiger partial charge is 0.308 e. The molecule has 6 nitrogen and oxygen atoms in total. The van der Waals surface area contributed by atoms with Crippen molar-refractivity contribution in [3.63, 3.8) is 0 Å². The fraction of sp³-hybridized carbons (Fsp3) is 0.200. The lowest BCUT2D eigenvalue weighted by molar-refractivity contribution is 0.262. The average Bonchev–Trinajstić information content (AvgIpc) is 2.88. The highest BCUT2D eigenvalue weighted by atomic mass is 19.1. The van der Waals surface area contributed by atoms with E-state index in [1.54, 1.807) is 30.8 Å². The van der Waals surface area contributed by atoms with E-state index in [1.807, 2.05) is 37.3 Å². The van der Waals surface area contributed by atoms with Gasteiger partial charge in [-0.3, -0.25) is 9.48 Å². The monoisotopic (exact) mass is 368 g/mol. The molecule has 140 valence electrons. The van der Waals surface area contributed by atoms with E-state index < -0.39 is 11.8 Å². The molecule has 2 N–H and O–H groups in total. The summed E-state index contributed by atoms with van der Waals surface area (Å²) in [5.41, 5.74) is 2.07. The lowest BCUT2D eigenvalue weighted by atomic mass is 10.2. The highest BCUT2D eigenvalue weighted by molar-refractivity contribution is 6.00. The van der Waals surface area contributed by atoms with Crippen LogP contribution in [0.3, 0.4) is 0 Å². The summed E-state index contributed by atoms with van der Waals surface area (Å²) in [5, 5.41) is 5.17. The fourth-order valence-corrected chi connectivity index (χ4v) is 2.99. The molecular weight excluding hydrogens is 347 g/mol. The van der Waals surface area contributed by atoms with Crippen LogP contribution in [-0.2, 0) is 13.5 Å². The highest BCUT2D eigenvalue weighted by Crippen LogP contribution is 2.17. The second kappa shape index (κ2) is 7.49. The zero-order chi connectivity index (χ0) is 19.6. The van der Waals surface area contributed by atoms with Gasteiger partial charge >= 0.3 is 6.03 Å². The van der Waals surface area contributed by atoms with Gasteiger partial charge < -0.3 is 10.6 Å². The summed E-state index contributed by atoms with van der Waals surface area (Å²) >= 11 is 0. The number of hydrogen-bond acceptors (Lipinski definition) is 2. The second-order valence-electron chi connectivity index (χ2n) is 6.19. The van der Waals surface area contributed by atoms with Crippen LogP contribution in [0.4, 0.5) is 20.6 Å². The molecule has 0 aliphatic heterocycles. The van der Waals surface area contributed by atoms with Gasteiger partial charge in [0.15, 0.2) is 0 Å².